The number of benzene rings is 1. The van der Waals surface area contributed by atoms with Crippen LogP contribution in [0.4, 0.5) is 5.13 Å². The Balaban J connectivity index is 2.04. The average Bonchev–Trinajstić information content (AvgIpc) is 3.25. The molecular weight excluding hydrogens is 358 g/mol. The van der Waals surface area contributed by atoms with Gasteiger partial charge in [-0.1, -0.05) is 17.4 Å². The molecule has 1 aromatic carbocycles. The van der Waals surface area contributed by atoms with Gasteiger partial charge in [-0.15, -0.1) is 0 Å². The van der Waals surface area contributed by atoms with Crippen molar-refractivity contribution in [2.45, 2.75) is 33.7 Å². The molecule has 0 N–H and O–H groups in total. The number of thiazole rings is 1. The molecule has 0 bridgehead atoms. The van der Waals surface area contributed by atoms with E-state index in [1.54, 1.807) is 33.2 Å². The fourth-order valence-corrected chi connectivity index (χ4v) is 4.00. The first kappa shape index (κ1) is 19.5. The Hall–Kier alpha value is -2.25. The van der Waals surface area contributed by atoms with Crippen LogP contribution in [0.25, 0.3) is 10.2 Å². The van der Waals surface area contributed by atoms with Gasteiger partial charge in [0.25, 0.3) is 5.91 Å². The number of rotatable bonds is 6. The highest BCUT2D eigenvalue weighted by Gasteiger charge is 2.25. The first-order valence-corrected chi connectivity index (χ1v) is 9.98. The fourth-order valence-electron chi connectivity index (χ4n) is 2.95. The fraction of sp³-hybridized carbons (Fsp3) is 0.450. The molecule has 2 heterocycles. The normalized spacial score (nSPS) is 11.7. The van der Waals surface area contributed by atoms with Crippen LogP contribution in [-0.2, 0) is 0 Å². The maximum atomic E-state index is 13.4. The standard InChI is InChI=1S/C20H27N5OS/c1-13(2)25-16(9-10-21-25)19(26)24(12-11-23(5)6)20-22-18-15(4)14(3)7-8-17(18)27-20/h7-10,13H,11-12H2,1-6H3. The molecular formula is C20H27N5OS. The largest absolute Gasteiger partial charge is 0.308 e. The molecule has 27 heavy (non-hydrogen) atoms. The van der Waals surface area contributed by atoms with E-state index in [0.29, 0.717) is 12.2 Å². The number of carbonyl (C=O) groups is 1. The van der Waals surface area contributed by atoms with Crippen molar-refractivity contribution < 1.29 is 4.79 Å². The molecule has 0 radical (unpaired) electrons. The van der Waals surface area contributed by atoms with Crippen LogP contribution in [0.1, 0.15) is 41.5 Å². The van der Waals surface area contributed by atoms with Gasteiger partial charge in [-0.2, -0.15) is 5.10 Å². The van der Waals surface area contributed by atoms with E-state index in [1.807, 2.05) is 27.9 Å². The molecule has 3 aromatic rings. The summed E-state index contributed by atoms with van der Waals surface area (Å²) in [7, 11) is 4.01. The molecule has 144 valence electrons. The van der Waals surface area contributed by atoms with Crippen molar-refractivity contribution in [3.63, 3.8) is 0 Å². The summed E-state index contributed by atoms with van der Waals surface area (Å²) in [5, 5.41) is 5.06. The highest BCUT2D eigenvalue weighted by molar-refractivity contribution is 7.22. The summed E-state index contributed by atoms with van der Waals surface area (Å²) < 4.78 is 2.88. The second-order valence-electron chi connectivity index (χ2n) is 7.37. The first-order chi connectivity index (χ1) is 12.8. The number of fused-ring (bicyclic) bond motifs is 1. The zero-order chi connectivity index (χ0) is 19.7. The summed E-state index contributed by atoms with van der Waals surface area (Å²) in [6, 6.07) is 6.11. The van der Waals surface area contributed by atoms with Crippen molar-refractivity contribution in [1.82, 2.24) is 19.7 Å². The van der Waals surface area contributed by atoms with Gasteiger partial charge in [-0.3, -0.25) is 14.4 Å². The Morgan fingerprint density at radius 3 is 2.59 bits per heavy atom. The molecule has 0 aliphatic rings. The smallest absolute Gasteiger partial charge is 0.278 e. The van der Waals surface area contributed by atoms with Crippen LogP contribution in [0, 0.1) is 13.8 Å². The Bertz CT molecular complexity index is 957. The summed E-state index contributed by atoms with van der Waals surface area (Å²) in [4.78, 5) is 22.1. The van der Waals surface area contributed by atoms with Gasteiger partial charge in [0.15, 0.2) is 5.13 Å². The number of nitrogens with zero attached hydrogens (tertiary/aromatic N) is 5. The third-order valence-corrected chi connectivity index (χ3v) is 5.74. The van der Waals surface area contributed by atoms with Crippen LogP contribution in [0.15, 0.2) is 24.4 Å². The molecule has 0 aliphatic heterocycles. The lowest BCUT2D eigenvalue weighted by atomic mass is 10.1. The summed E-state index contributed by atoms with van der Waals surface area (Å²) in [5.74, 6) is -0.0588. The lowest BCUT2D eigenvalue weighted by Gasteiger charge is -2.22. The highest BCUT2D eigenvalue weighted by atomic mass is 32.1. The maximum absolute atomic E-state index is 13.4. The Morgan fingerprint density at radius 1 is 1.19 bits per heavy atom. The van der Waals surface area contributed by atoms with Gasteiger partial charge in [0.2, 0.25) is 0 Å². The highest BCUT2D eigenvalue weighted by Crippen LogP contribution is 2.32. The molecule has 1 amide bonds. The zero-order valence-corrected chi connectivity index (χ0v) is 17.7. The van der Waals surface area contributed by atoms with E-state index in [1.165, 1.54) is 11.1 Å². The molecule has 0 atom stereocenters. The van der Waals surface area contributed by atoms with Crippen molar-refractivity contribution in [3.8, 4) is 0 Å². The molecule has 6 nitrogen and oxygen atoms in total. The third kappa shape index (κ3) is 3.89. The number of anilines is 1. The van der Waals surface area contributed by atoms with Crippen molar-refractivity contribution >= 4 is 32.6 Å². The Morgan fingerprint density at radius 2 is 1.93 bits per heavy atom. The van der Waals surface area contributed by atoms with Gasteiger partial charge in [-0.05, 0) is 65.0 Å². The summed E-state index contributed by atoms with van der Waals surface area (Å²) in [6.07, 6.45) is 1.68. The van der Waals surface area contributed by atoms with Crippen LogP contribution in [0.5, 0.6) is 0 Å². The van der Waals surface area contributed by atoms with Crippen LogP contribution < -0.4 is 4.90 Å². The van der Waals surface area contributed by atoms with Gasteiger partial charge in [0.05, 0.1) is 10.2 Å². The quantitative estimate of drug-likeness (QED) is 0.646. The van der Waals surface area contributed by atoms with E-state index in [-0.39, 0.29) is 11.9 Å². The van der Waals surface area contributed by atoms with Crippen LogP contribution in [0.2, 0.25) is 0 Å². The molecule has 0 fully saturated rings. The number of hydrogen-bond donors (Lipinski definition) is 0. The molecule has 0 saturated carbocycles. The van der Waals surface area contributed by atoms with Crippen LogP contribution >= 0.6 is 11.3 Å². The lowest BCUT2D eigenvalue weighted by molar-refractivity contribution is 0.0973. The van der Waals surface area contributed by atoms with Gasteiger partial charge in [0, 0.05) is 25.3 Å². The minimum absolute atomic E-state index is 0.0588. The topological polar surface area (TPSA) is 54.3 Å². The van der Waals surface area contributed by atoms with E-state index >= 15 is 0 Å². The first-order valence-electron chi connectivity index (χ1n) is 9.16. The van der Waals surface area contributed by atoms with Crippen molar-refractivity contribution in [1.29, 1.82) is 0 Å². The Kier molecular flexibility index (Phi) is 5.62. The van der Waals surface area contributed by atoms with E-state index in [2.05, 4.69) is 36.0 Å². The number of aromatic nitrogens is 3. The minimum atomic E-state index is -0.0588. The second-order valence-corrected chi connectivity index (χ2v) is 8.37. The summed E-state index contributed by atoms with van der Waals surface area (Å²) in [5.41, 5.74) is 3.96. The summed E-state index contributed by atoms with van der Waals surface area (Å²) in [6.45, 7) is 9.56. The van der Waals surface area contributed by atoms with Crippen molar-refractivity contribution in [3.05, 3.63) is 41.2 Å². The van der Waals surface area contributed by atoms with E-state index < -0.39 is 0 Å². The van der Waals surface area contributed by atoms with E-state index in [4.69, 9.17) is 4.98 Å². The Labute approximate surface area is 164 Å². The molecule has 7 heteroatoms. The molecule has 0 spiro atoms. The van der Waals surface area contributed by atoms with Gasteiger partial charge in [-0.25, -0.2) is 4.98 Å². The SMILES string of the molecule is Cc1ccc2sc(N(CCN(C)C)C(=O)c3ccnn3C(C)C)nc2c1C. The zero-order valence-electron chi connectivity index (χ0n) is 16.9. The number of likely N-dealkylation sites (N-methyl/N-ethyl adjacent to an activating group) is 1. The predicted molar refractivity (Wildman–Crippen MR) is 112 cm³/mol. The van der Waals surface area contributed by atoms with Gasteiger partial charge in [0.1, 0.15) is 5.69 Å². The number of aryl methyl sites for hydroxylation is 2. The van der Waals surface area contributed by atoms with Crippen molar-refractivity contribution in [2.75, 3.05) is 32.1 Å². The molecule has 0 unspecified atom stereocenters. The monoisotopic (exact) mass is 385 g/mol. The van der Waals surface area contributed by atoms with Crippen LogP contribution in [0.3, 0.4) is 0 Å². The molecule has 2 aromatic heterocycles. The summed E-state index contributed by atoms with van der Waals surface area (Å²) >= 11 is 1.57. The molecule has 3 rings (SSSR count). The van der Waals surface area contributed by atoms with Crippen LogP contribution in [-0.4, -0.2) is 52.8 Å². The minimum Gasteiger partial charge on any atom is -0.308 e. The predicted octanol–water partition coefficient (Wildman–Crippen LogP) is 3.90. The average molecular weight is 386 g/mol. The number of hydrogen-bond acceptors (Lipinski definition) is 5. The number of carbonyl (C=O) groups excluding carboxylic acids is 1. The van der Waals surface area contributed by atoms with E-state index in [0.717, 1.165) is 21.9 Å². The van der Waals surface area contributed by atoms with Crippen molar-refractivity contribution in [2.24, 2.45) is 0 Å². The lowest BCUT2D eigenvalue weighted by Crippen LogP contribution is -2.38. The van der Waals surface area contributed by atoms with E-state index in [9.17, 15) is 4.79 Å². The maximum Gasteiger partial charge on any atom is 0.278 e. The number of amides is 1. The molecule has 0 saturated heterocycles. The van der Waals surface area contributed by atoms with Gasteiger partial charge >= 0.3 is 0 Å². The van der Waals surface area contributed by atoms with Gasteiger partial charge < -0.3 is 4.90 Å². The molecule has 0 aliphatic carbocycles. The third-order valence-electron chi connectivity index (χ3n) is 4.70. The second kappa shape index (κ2) is 7.78.